The maximum atomic E-state index is 12.8. The minimum Gasteiger partial charge on any atom is -0.449 e. The van der Waals surface area contributed by atoms with E-state index in [1.165, 1.54) is 0 Å². The molecule has 2 heterocycles. The highest BCUT2D eigenvalue weighted by Crippen LogP contribution is 2.21. The van der Waals surface area contributed by atoms with E-state index in [1.807, 2.05) is 17.0 Å². The van der Waals surface area contributed by atoms with Gasteiger partial charge in [-0.1, -0.05) is 19.1 Å². The summed E-state index contributed by atoms with van der Waals surface area (Å²) in [5, 5.41) is 0. The molecule has 3 rings (SSSR count). The first-order valence-corrected chi connectivity index (χ1v) is 11.4. The third-order valence-electron chi connectivity index (χ3n) is 6.10. The summed E-state index contributed by atoms with van der Waals surface area (Å²) in [6, 6.07) is 7.77. The lowest BCUT2D eigenvalue weighted by molar-refractivity contribution is -0.143. The van der Waals surface area contributed by atoms with Crippen LogP contribution in [0.4, 0.5) is 0 Å². The molecule has 30 heavy (non-hydrogen) atoms. The Labute approximate surface area is 180 Å². The van der Waals surface area contributed by atoms with E-state index in [0.717, 1.165) is 57.4 Å². The molecule has 2 saturated heterocycles. The monoisotopic (exact) mass is 416 g/mol. The number of likely N-dealkylation sites (tertiary alicyclic amines) is 1. The molecule has 2 fully saturated rings. The van der Waals surface area contributed by atoms with Gasteiger partial charge >= 0.3 is 5.97 Å². The van der Waals surface area contributed by atoms with Crippen LogP contribution in [0.25, 0.3) is 0 Å². The summed E-state index contributed by atoms with van der Waals surface area (Å²) in [7, 11) is 0. The summed E-state index contributed by atoms with van der Waals surface area (Å²) in [6.45, 7) is 11.4. The van der Waals surface area contributed by atoms with Gasteiger partial charge in [0.2, 0.25) is 0 Å². The van der Waals surface area contributed by atoms with Crippen molar-refractivity contribution in [1.29, 1.82) is 0 Å². The molecule has 1 aromatic carbocycles. The number of carbonyl (C=O) groups excluding carboxylic acids is 2. The second kappa shape index (κ2) is 10.4. The van der Waals surface area contributed by atoms with Gasteiger partial charge in [0.25, 0.3) is 5.91 Å². The minimum atomic E-state index is -0.763. The summed E-state index contributed by atoms with van der Waals surface area (Å²) in [5.74, 6) is -0.525. The molecule has 1 aromatic rings. The first kappa shape index (κ1) is 22.8. The van der Waals surface area contributed by atoms with Crippen LogP contribution in [-0.2, 0) is 20.8 Å². The lowest BCUT2D eigenvalue weighted by Crippen LogP contribution is -2.48. The standard InChI is InChI=1S/C24H36N2O4/c1-5-22-8-6-7-13-26(22)23(27)19(4)30-24(28)21-11-9-20(10-12-21)16-25-14-17(2)29-18(3)15-25/h9-12,17-19,22H,5-8,13-16H2,1-4H3. The van der Waals surface area contributed by atoms with Crippen LogP contribution in [0.5, 0.6) is 0 Å². The van der Waals surface area contributed by atoms with Crippen molar-refractivity contribution in [2.45, 2.75) is 84.3 Å². The summed E-state index contributed by atoms with van der Waals surface area (Å²) >= 11 is 0. The Morgan fingerprint density at radius 2 is 1.80 bits per heavy atom. The fraction of sp³-hybridized carbons (Fsp3) is 0.667. The Morgan fingerprint density at radius 1 is 1.13 bits per heavy atom. The first-order valence-electron chi connectivity index (χ1n) is 11.4. The van der Waals surface area contributed by atoms with E-state index in [-0.39, 0.29) is 24.2 Å². The van der Waals surface area contributed by atoms with Crippen LogP contribution in [-0.4, -0.2) is 65.7 Å². The maximum Gasteiger partial charge on any atom is 0.338 e. The predicted molar refractivity (Wildman–Crippen MR) is 116 cm³/mol. The summed E-state index contributed by atoms with van der Waals surface area (Å²) < 4.78 is 11.3. The highest BCUT2D eigenvalue weighted by Gasteiger charge is 2.30. The van der Waals surface area contributed by atoms with Gasteiger partial charge < -0.3 is 14.4 Å². The van der Waals surface area contributed by atoms with E-state index in [4.69, 9.17) is 9.47 Å². The molecule has 1 amide bonds. The van der Waals surface area contributed by atoms with E-state index in [2.05, 4.69) is 25.7 Å². The molecule has 0 bridgehead atoms. The van der Waals surface area contributed by atoms with Gasteiger partial charge in [-0.05, 0) is 64.2 Å². The minimum absolute atomic E-state index is 0.0814. The van der Waals surface area contributed by atoms with E-state index in [0.29, 0.717) is 5.56 Å². The molecule has 4 atom stereocenters. The third-order valence-corrected chi connectivity index (χ3v) is 6.10. The quantitative estimate of drug-likeness (QED) is 0.663. The lowest BCUT2D eigenvalue weighted by Gasteiger charge is -2.36. The molecule has 2 aliphatic rings. The van der Waals surface area contributed by atoms with Gasteiger partial charge in [-0.2, -0.15) is 0 Å². The van der Waals surface area contributed by atoms with Gasteiger partial charge in [-0.25, -0.2) is 4.79 Å². The number of amides is 1. The Kier molecular flexibility index (Phi) is 7.89. The van der Waals surface area contributed by atoms with Gasteiger partial charge in [0.15, 0.2) is 6.10 Å². The number of rotatable bonds is 6. The first-order chi connectivity index (χ1) is 14.4. The van der Waals surface area contributed by atoms with Crippen LogP contribution in [0, 0.1) is 0 Å². The Hall–Kier alpha value is -1.92. The van der Waals surface area contributed by atoms with Crippen molar-refractivity contribution in [3.05, 3.63) is 35.4 Å². The molecule has 0 N–H and O–H groups in total. The number of esters is 1. The van der Waals surface area contributed by atoms with Crippen LogP contribution in [0.1, 0.15) is 69.3 Å². The zero-order valence-corrected chi connectivity index (χ0v) is 18.8. The van der Waals surface area contributed by atoms with Crippen LogP contribution >= 0.6 is 0 Å². The molecule has 0 aromatic heterocycles. The van der Waals surface area contributed by atoms with Crippen LogP contribution < -0.4 is 0 Å². The second-order valence-electron chi connectivity index (χ2n) is 8.79. The smallest absolute Gasteiger partial charge is 0.338 e. The van der Waals surface area contributed by atoms with Crippen molar-refractivity contribution in [2.75, 3.05) is 19.6 Å². The molecule has 0 aliphatic carbocycles. The molecule has 2 aliphatic heterocycles. The number of hydrogen-bond acceptors (Lipinski definition) is 5. The highest BCUT2D eigenvalue weighted by atomic mass is 16.5. The van der Waals surface area contributed by atoms with E-state index < -0.39 is 12.1 Å². The predicted octanol–water partition coefficient (Wildman–Crippen LogP) is 3.63. The second-order valence-corrected chi connectivity index (χ2v) is 8.79. The number of morpholine rings is 1. The van der Waals surface area contributed by atoms with E-state index >= 15 is 0 Å². The van der Waals surface area contributed by atoms with Gasteiger partial charge in [-0.3, -0.25) is 9.69 Å². The Balaban J connectivity index is 1.54. The van der Waals surface area contributed by atoms with Crippen molar-refractivity contribution in [2.24, 2.45) is 0 Å². The highest BCUT2D eigenvalue weighted by molar-refractivity contribution is 5.92. The topological polar surface area (TPSA) is 59.1 Å². The van der Waals surface area contributed by atoms with Gasteiger partial charge in [0.1, 0.15) is 0 Å². The van der Waals surface area contributed by atoms with Crippen molar-refractivity contribution in [1.82, 2.24) is 9.80 Å². The molecular formula is C24H36N2O4. The van der Waals surface area contributed by atoms with Crippen molar-refractivity contribution in [3.63, 3.8) is 0 Å². The molecule has 6 heteroatoms. The Bertz CT molecular complexity index is 710. The SMILES string of the molecule is CCC1CCCCN1C(=O)C(C)OC(=O)c1ccc(CN2CC(C)OC(C)C2)cc1. The maximum absolute atomic E-state index is 12.8. The zero-order valence-electron chi connectivity index (χ0n) is 18.8. The van der Waals surface area contributed by atoms with Crippen molar-refractivity contribution < 1.29 is 19.1 Å². The number of piperidine rings is 1. The number of benzene rings is 1. The molecule has 0 saturated carbocycles. The van der Waals surface area contributed by atoms with Crippen molar-refractivity contribution >= 4 is 11.9 Å². The van der Waals surface area contributed by atoms with Crippen LogP contribution in [0.15, 0.2) is 24.3 Å². The van der Waals surface area contributed by atoms with Gasteiger partial charge in [0.05, 0.1) is 17.8 Å². The van der Waals surface area contributed by atoms with Crippen LogP contribution in [0.3, 0.4) is 0 Å². The largest absolute Gasteiger partial charge is 0.449 e. The summed E-state index contributed by atoms with van der Waals surface area (Å²) in [6.07, 6.45) is 3.85. The fourth-order valence-corrected chi connectivity index (χ4v) is 4.65. The fourth-order valence-electron chi connectivity index (χ4n) is 4.65. The molecule has 0 spiro atoms. The molecule has 4 unspecified atom stereocenters. The van der Waals surface area contributed by atoms with Gasteiger partial charge in [-0.15, -0.1) is 0 Å². The number of ether oxygens (including phenoxy) is 2. The number of carbonyl (C=O) groups is 2. The van der Waals surface area contributed by atoms with Crippen LogP contribution in [0.2, 0.25) is 0 Å². The lowest BCUT2D eigenvalue weighted by atomic mass is 9.99. The zero-order chi connectivity index (χ0) is 21.7. The molecule has 166 valence electrons. The molecule has 6 nitrogen and oxygen atoms in total. The average molecular weight is 417 g/mol. The third kappa shape index (κ3) is 5.82. The summed E-state index contributed by atoms with van der Waals surface area (Å²) in [5.41, 5.74) is 1.63. The molecule has 0 radical (unpaired) electrons. The van der Waals surface area contributed by atoms with Crippen molar-refractivity contribution in [3.8, 4) is 0 Å². The van der Waals surface area contributed by atoms with E-state index in [9.17, 15) is 9.59 Å². The average Bonchev–Trinajstić information content (AvgIpc) is 2.72. The summed E-state index contributed by atoms with van der Waals surface area (Å²) in [4.78, 5) is 29.6. The van der Waals surface area contributed by atoms with E-state index in [1.54, 1.807) is 19.1 Å². The van der Waals surface area contributed by atoms with Gasteiger partial charge in [0, 0.05) is 32.2 Å². The molecular weight excluding hydrogens is 380 g/mol. The Morgan fingerprint density at radius 3 is 2.43 bits per heavy atom. The number of nitrogens with zero attached hydrogens (tertiary/aromatic N) is 2. The number of hydrogen-bond donors (Lipinski definition) is 0. The normalized spacial score (nSPS) is 26.3.